The Balaban J connectivity index is 1.90. The van der Waals surface area contributed by atoms with Gasteiger partial charge in [-0.05, 0) is 48.3 Å². The third-order valence-electron chi connectivity index (χ3n) is 3.14. The van der Waals surface area contributed by atoms with Crippen LogP contribution >= 0.6 is 0 Å². The van der Waals surface area contributed by atoms with Gasteiger partial charge < -0.3 is 0 Å². The molecule has 0 heteroatoms. The molecule has 0 radical (unpaired) electrons. The summed E-state index contributed by atoms with van der Waals surface area (Å²) < 4.78 is 0. The molecule has 2 aliphatic rings. The van der Waals surface area contributed by atoms with Crippen LogP contribution in [0.15, 0.2) is 30.3 Å². The van der Waals surface area contributed by atoms with Gasteiger partial charge in [0, 0.05) is 0 Å². The fraction of sp³-hybridized carbons (Fsp3) is 0.385. The third kappa shape index (κ3) is 1.31. The van der Waals surface area contributed by atoms with E-state index in [2.05, 4.69) is 30.3 Å². The van der Waals surface area contributed by atoms with Crippen LogP contribution in [0, 0.1) is 5.92 Å². The van der Waals surface area contributed by atoms with Crippen molar-refractivity contribution < 1.29 is 0 Å². The average molecular weight is 170 g/mol. The molecule has 1 aromatic rings. The van der Waals surface area contributed by atoms with E-state index in [-0.39, 0.29) is 0 Å². The van der Waals surface area contributed by atoms with Crippen LogP contribution in [0.25, 0.3) is 5.57 Å². The number of allylic oxidation sites excluding steroid dienone is 2. The minimum absolute atomic E-state index is 1.01. The van der Waals surface area contributed by atoms with Crippen LogP contribution in [-0.2, 0) is 6.42 Å². The summed E-state index contributed by atoms with van der Waals surface area (Å²) in [7, 11) is 0. The highest BCUT2D eigenvalue weighted by Gasteiger charge is 2.24. The summed E-state index contributed by atoms with van der Waals surface area (Å²) in [4.78, 5) is 0. The van der Waals surface area contributed by atoms with Crippen LogP contribution in [0.1, 0.15) is 30.4 Å². The van der Waals surface area contributed by atoms with E-state index in [1.165, 1.54) is 30.4 Å². The zero-order chi connectivity index (χ0) is 8.67. The van der Waals surface area contributed by atoms with Crippen LogP contribution in [0.4, 0.5) is 0 Å². The van der Waals surface area contributed by atoms with E-state index in [4.69, 9.17) is 0 Å². The lowest BCUT2D eigenvalue weighted by molar-refractivity contribution is 0.878. The van der Waals surface area contributed by atoms with Gasteiger partial charge in [0.15, 0.2) is 0 Å². The molecule has 0 aromatic heterocycles. The van der Waals surface area contributed by atoms with Crippen molar-refractivity contribution in [1.82, 2.24) is 0 Å². The predicted octanol–water partition coefficient (Wildman–Crippen LogP) is 3.43. The number of hydrogen-bond donors (Lipinski definition) is 0. The van der Waals surface area contributed by atoms with Gasteiger partial charge in [0.1, 0.15) is 0 Å². The molecule has 1 saturated carbocycles. The Hall–Kier alpha value is -1.04. The quantitative estimate of drug-likeness (QED) is 0.638. The molecule has 0 heterocycles. The minimum atomic E-state index is 1.01. The van der Waals surface area contributed by atoms with E-state index in [1.807, 2.05) is 0 Å². The van der Waals surface area contributed by atoms with Crippen molar-refractivity contribution in [3.8, 4) is 0 Å². The molecule has 1 fully saturated rings. The fourth-order valence-electron chi connectivity index (χ4n) is 2.18. The smallest absolute Gasteiger partial charge is 0.00854 e. The van der Waals surface area contributed by atoms with Crippen LogP contribution < -0.4 is 0 Å². The van der Waals surface area contributed by atoms with Gasteiger partial charge in [0.05, 0.1) is 0 Å². The Morgan fingerprint density at radius 2 is 2.00 bits per heavy atom. The molecule has 66 valence electrons. The minimum Gasteiger partial charge on any atom is -0.0763 e. The summed E-state index contributed by atoms with van der Waals surface area (Å²) in [5.41, 5.74) is 4.66. The molecule has 0 unspecified atom stereocenters. The van der Waals surface area contributed by atoms with Gasteiger partial charge in [0.25, 0.3) is 0 Å². The number of benzene rings is 1. The first-order chi connectivity index (χ1) is 6.43. The molecule has 0 aliphatic heterocycles. The van der Waals surface area contributed by atoms with E-state index in [0.29, 0.717) is 0 Å². The molecule has 0 nitrogen and oxygen atoms in total. The van der Waals surface area contributed by atoms with E-state index in [0.717, 1.165) is 12.3 Å². The Morgan fingerprint density at radius 3 is 2.85 bits per heavy atom. The molecule has 0 atom stereocenters. The molecule has 1 aromatic carbocycles. The summed E-state index contributed by atoms with van der Waals surface area (Å²) >= 11 is 0. The van der Waals surface area contributed by atoms with Gasteiger partial charge in [0.2, 0.25) is 0 Å². The fourth-order valence-corrected chi connectivity index (χ4v) is 2.18. The van der Waals surface area contributed by atoms with Crippen molar-refractivity contribution in [3.63, 3.8) is 0 Å². The lowest BCUT2D eigenvalue weighted by Crippen LogP contribution is -1.84. The molecule has 13 heavy (non-hydrogen) atoms. The largest absolute Gasteiger partial charge is 0.0763 e. The number of fused-ring (bicyclic) bond motifs is 1. The third-order valence-corrected chi connectivity index (χ3v) is 3.14. The first kappa shape index (κ1) is 7.37. The zero-order valence-corrected chi connectivity index (χ0v) is 7.79. The van der Waals surface area contributed by atoms with Gasteiger partial charge in [-0.2, -0.15) is 0 Å². The summed E-state index contributed by atoms with van der Waals surface area (Å²) in [6, 6.07) is 8.83. The van der Waals surface area contributed by atoms with Gasteiger partial charge in [-0.15, -0.1) is 0 Å². The van der Waals surface area contributed by atoms with E-state index >= 15 is 0 Å². The molecule has 3 rings (SSSR count). The lowest BCUT2D eigenvalue weighted by Gasteiger charge is -2.03. The molecule has 0 amide bonds. The first-order valence-electron chi connectivity index (χ1n) is 5.21. The topological polar surface area (TPSA) is 0 Å². The molecule has 2 aliphatic carbocycles. The van der Waals surface area contributed by atoms with Crippen molar-refractivity contribution in [2.45, 2.75) is 25.7 Å². The van der Waals surface area contributed by atoms with Crippen LogP contribution in [0.3, 0.4) is 0 Å². The molecule has 0 N–H and O–H groups in total. The van der Waals surface area contributed by atoms with Gasteiger partial charge in [-0.1, -0.05) is 30.3 Å². The van der Waals surface area contributed by atoms with Crippen LogP contribution in [0.5, 0.6) is 0 Å². The lowest BCUT2D eigenvalue weighted by atomic mass is 10.0. The number of hydrogen-bond acceptors (Lipinski definition) is 0. The van der Waals surface area contributed by atoms with Crippen molar-refractivity contribution in [2.24, 2.45) is 5.92 Å². The molecular formula is C13H14. The molecular weight excluding hydrogens is 156 g/mol. The van der Waals surface area contributed by atoms with E-state index < -0.39 is 0 Å². The Morgan fingerprint density at radius 1 is 1.15 bits per heavy atom. The molecule has 0 saturated heterocycles. The second-order valence-electron chi connectivity index (χ2n) is 4.24. The first-order valence-corrected chi connectivity index (χ1v) is 5.21. The summed E-state index contributed by atoms with van der Waals surface area (Å²) in [5.74, 6) is 1.01. The average Bonchev–Trinajstić information content (AvgIpc) is 2.88. The van der Waals surface area contributed by atoms with Crippen molar-refractivity contribution in [3.05, 3.63) is 41.5 Å². The molecule has 0 bridgehead atoms. The van der Waals surface area contributed by atoms with Crippen molar-refractivity contribution >= 4 is 5.57 Å². The SMILES string of the molecule is C1=C(CC2CC2)c2ccccc2C1. The maximum atomic E-state index is 2.42. The Bertz CT molecular complexity index is 356. The summed E-state index contributed by atoms with van der Waals surface area (Å²) in [6.07, 6.45) is 7.83. The highest BCUT2D eigenvalue weighted by Crippen LogP contribution is 2.40. The van der Waals surface area contributed by atoms with Gasteiger partial charge in [-0.25, -0.2) is 0 Å². The maximum absolute atomic E-state index is 2.42. The maximum Gasteiger partial charge on any atom is -0.00854 e. The van der Waals surface area contributed by atoms with E-state index in [1.54, 1.807) is 5.57 Å². The summed E-state index contributed by atoms with van der Waals surface area (Å²) in [6.45, 7) is 0. The van der Waals surface area contributed by atoms with Crippen molar-refractivity contribution in [1.29, 1.82) is 0 Å². The zero-order valence-electron chi connectivity index (χ0n) is 7.79. The van der Waals surface area contributed by atoms with Crippen LogP contribution in [0.2, 0.25) is 0 Å². The second kappa shape index (κ2) is 2.73. The van der Waals surface area contributed by atoms with E-state index in [9.17, 15) is 0 Å². The predicted molar refractivity (Wildman–Crippen MR) is 55.5 cm³/mol. The standard InChI is InChI=1S/C13H14/c1-2-4-13-11(3-1)7-8-12(13)9-10-5-6-10/h1-4,8,10H,5-7,9H2. The molecule has 0 spiro atoms. The second-order valence-corrected chi connectivity index (χ2v) is 4.24. The monoisotopic (exact) mass is 170 g/mol. The highest BCUT2D eigenvalue weighted by molar-refractivity contribution is 5.73. The Kier molecular flexibility index (Phi) is 1.55. The van der Waals surface area contributed by atoms with Crippen molar-refractivity contribution in [2.75, 3.05) is 0 Å². The highest BCUT2D eigenvalue weighted by atomic mass is 14.3. The van der Waals surface area contributed by atoms with Gasteiger partial charge in [-0.3, -0.25) is 0 Å². The normalized spacial score (nSPS) is 19.8. The van der Waals surface area contributed by atoms with Crippen LogP contribution in [-0.4, -0.2) is 0 Å². The summed E-state index contributed by atoms with van der Waals surface area (Å²) in [5, 5.41) is 0. The van der Waals surface area contributed by atoms with Gasteiger partial charge >= 0.3 is 0 Å². The number of rotatable bonds is 2. The Labute approximate surface area is 79.3 Å².